The quantitative estimate of drug-likeness (QED) is 0.208. The maximum Gasteiger partial charge on any atom is 0.422 e. The third-order valence-corrected chi connectivity index (χ3v) is 2.36. The molecule has 0 amide bonds. The van der Waals surface area contributed by atoms with Gasteiger partial charge in [-0.3, -0.25) is 14.9 Å². The maximum absolute atomic E-state index is 12.0. The van der Waals surface area contributed by atoms with Crippen LogP contribution < -0.4 is 0 Å². The highest BCUT2D eigenvalue weighted by molar-refractivity contribution is 6.19. The number of halogens is 3. The first-order valence-corrected chi connectivity index (χ1v) is 5.81. The topological polar surface area (TPSA) is 86.5 Å². The highest BCUT2D eigenvalue weighted by Crippen LogP contribution is 2.18. The summed E-state index contributed by atoms with van der Waals surface area (Å²) in [6, 6.07) is 4.92. The van der Waals surface area contributed by atoms with Crippen LogP contribution in [-0.4, -0.2) is 29.5 Å². The molecule has 0 aliphatic carbocycles. The summed E-state index contributed by atoms with van der Waals surface area (Å²) in [5.74, 6) is -2.27. The van der Waals surface area contributed by atoms with E-state index in [-0.39, 0.29) is 11.3 Å². The first-order chi connectivity index (χ1) is 10.1. The van der Waals surface area contributed by atoms with Crippen LogP contribution >= 0.6 is 0 Å². The van der Waals surface area contributed by atoms with E-state index in [1.165, 1.54) is 18.2 Å². The van der Waals surface area contributed by atoms with Crippen LogP contribution in [0.25, 0.3) is 6.08 Å². The molecule has 0 saturated heterocycles. The number of carbonyl (C=O) groups excluding carboxylic acids is 2. The van der Waals surface area contributed by atoms with Crippen LogP contribution in [0.1, 0.15) is 12.5 Å². The number of benzene rings is 1. The van der Waals surface area contributed by atoms with Gasteiger partial charge in [-0.25, -0.2) is 4.79 Å². The van der Waals surface area contributed by atoms with Gasteiger partial charge in [0.05, 0.1) is 4.92 Å². The normalized spacial score (nSPS) is 11.9. The number of nitrogens with zero attached hydrogens (tertiary/aromatic N) is 1. The lowest BCUT2D eigenvalue weighted by Gasteiger charge is -2.08. The van der Waals surface area contributed by atoms with Gasteiger partial charge in [-0.15, -0.1) is 0 Å². The fourth-order valence-electron chi connectivity index (χ4n) is 1.42. The van der Waals surface area contributed by atoms with Crippen molar-refractivity contribution in [1.29, 1.82) is 0 Å². The molecule has 0 unspecified atom stereocenters. The summed E-state index contributed by atoms with van der Waals surface area (Å²) in [4.78, 5) is 32.8. The Balaban J connectivity index is 3.05. The van der Waals surface area contributed by atoms with Gasteiger partial charge in [-0.05, 0) is 18.6 Å². The Labute approximate surface area is 122 Å². The van der Waals surface area contributed by atoms with Crippen LogP contribution in [0.2, 0.25) is 0 Å². The second kappa shape index (κ2) is 6.83. The van der Waals surface area contributed by atoms with E-state index in [1.807, 2.05) is 0 Å². The summed E-state index contributed by atoms with van der Waals surface area (Å²) in [5, 5.41) is 10.6. The lowest BCUT2D eigenvalue weighted by molar-refractivity contribution is -0.384. The smallest absolute Gasteiger partial charge is 0.422 e. The number of nitro groups is 1. The molecule has 118 valence electrons. The van der Waals surface area contributed by atoms with Crippen molar-refractivity contribution in [3.8, 4) is 0 Å². The molecule has 0 fully saturated rings. The van der Waals surface area contributed by atoms with E-state index >= 15 is 0 Å². The van der Waals surface area contributed by atoms with Gasteiger partial charge in [0.15, 0.2) is 12.4 Å². The van der Waals surface area contributed by atoms with Crippen molar-refractivity contribution in [1.82, 2.24) is 0 Å². The van der Waals surface area contributed by atoms with Crippen LogP contribution in [0.4, 0.5) is 18.9 Å². The number of hydrogen-bond acceptors (Lipinski definition) is 5. The Morgan fingerprint density at radius 2 is 2.00 bits per heavy atom. The minimum atomic E-state index is -4.72. The van der Waals surface area contributed by atoms with E-state index in [9.17, 15) is 32.9 Å². The highest BCUT2D eigenvalue weighted by atomic mass is 19.4. The van der Waals surface area contributed by atoms with Crippen molar-refractivity contribution in [3.05, 3.63) is 45.5 Å². The van der Waals surface area contributed by atoms with Gasteiger partial charge in [0.1, 0.15) is 5.57 Å². The van der Waals surface area contributed by atoms with Gasteiger partial charge < -0.3 is 4.74 Å². The molecule has 1 aromatic rings. The molecule has 6 nitrogen and oxygen atoms in total. The van der Waals surface area contributed by atoms with Crippen LogP contribution in [-0.2, 0) is 14.3 Å². The number of Topliss-reactive ketones (excluding diaryl/α,β-unsaturated/α-hetero) is 1. The van der Waals surface area contributed by atoms with Crippen LogP contribution in [0.3, 0.4) is 0 Å². The van der Waals surface area contributed by atoms with Gasteiger partial charge >= 0.3 is 12.1 Å². The fourth-order valence-corrected chi connectivity index (χ4v) is 1.42. The standard InChI is InChI=1S/C13H10F3NO5/c1-8(18)11(12(19)22-7-13(14,15)16)6-9-3-2-4-10(5-9)17(20)21/h2-6H,7H2,1H3/b11-6+. The Kier molecular flexibility index (Phi) is 5.39. The molecule has 0 atom stereocenters. The van der Waals surface area contributed by atoms with Crippen LogP contribution in [0.5, 0.6) is 0 Å². The predicted molar refractivity (Wildman–Crippen MR) is 68.8 cm³/mol. The number of non-ortho nitro benzene ring substituents is 1. The van der Waals surface area contributed by atoms with Gasteiger partial charge in [0.2, 0.25) is 0 Å². The first kappa shape index (κ1) is 17.3. The molecule has 0 aliphatic heterocycles. The number of ketones is 1. The molecule has 1 aromatic carbocycles. The van der Waals surface area contributed by atoms with E-state index < -0.39 is 35.0 Å². The summed E-state index contributed by atoms with van der Waals surface area (Å²) >= 11 is 0. The maximum atomic E-state index is 12.0. The zero-order valence-corrected chi connectivity index (χ0v) is 11.2. The number of nitro benzene ring substituents is 1. The summed E-state index contributed by atoms with van der Waals surface area (Å²) in [6.07, 6.45) is -3.78. The molecule has 9 heteroatoms. The molecule has 0 aromatic heterocycles. The van der Waals surface area contributed by atoms with Crippen molar-refractivity contribution in [2.45, 2.75) is 13.1 Å². The number of esters is 1. The number of carbonyl (C=O) groups is 2. The van der Waals surface area contributed by atoms with E-state index in [4.69, 9.17) is 0 Å². The Hall–Kier alpha value is -2.71. The Morgan fingerprint density at radius 1 is 1.36 bits per heavy atom. The van der Waals surface area contributed by atoms with Crippen LogP contribution in [0.15, 0.2) is 29.8 Å². The van der Waals surface area contributed by atoms with Crippen molar-refractivity contribution in [2.24, 2.45) is 0 Å². The first-order valence-electron chi connectivity index (χ1n) is 5.81. The summed E-state index contributed by atoms with van der Waals surface area (Å²) < 4.78 is 40.0. The molecule has 0 N–H and O–H groups in total. The molecule has 0 saturated carbocycles. The van der Waals surface area contributed by atoms with Gasteiger partial charge in [-0.2, -0.15) is 13.2 Å². The number of hydrogen-bond donors (Lipinski definition) is 0. The second-order valence-electron chi connectivity index (χ2n) is 4.16. The van der Waals surface area contributed by atoms with Gasteiger partial charge in [0, 0.05) is 12.1 Å². The fraction of sp³-hybridized carbons (Fsp3) is 0.231. The third-order valence-electron chi connectivity index (χ3n) is 2.36. The minimum Gasteiger partial charge on any atom is -0.452 e. The molecule has 0 radical (unpaired) electrons. The predicted octanol–water partition coefficient (Wildman–Crippen LogP) is 2.67. The van der Waals surface area contributed by atoms with Crippen molar-refractivity contribution in [2.75, 3.05) is 6.61 Å². The minimum absolute atomic E-state index is 0.114. The summed E-state index contributed by atoms with van der Waals surface area (Å²) in [7, 11) is 0. The number of rotatable bonds is 5. The van der Waals surface area contributed by atoms with E-state index in [1.54, 1.807) is 0 Å². The molecule has 1 rings (SSSR count). The number of ether oxygens (including phenoxy) is 1. The average Bonchev–Trinajstić information content (AvgIpc) is 2.41. The molecule has 0 heterocycles. The highest BCUT2D eigenvalue weighted by Gasteiger charge is 2.30. The van der Waals surface area contributed by atoms with E-state index in [2.05, 4.69) is 4.74 Å². The third kappa shape index (κ3) is 5.35. The SMILES string of the molecule is CC(=O)/C(=C\c1cccc([N+](=O)[O-])c1)C(=O)OCC(F)(F)F. The summed E-state index contributed by atoms with van der Waals surface area (Å²) in [5.41, 5.74) is -0.812. The van der Waals surface area contributed by atoms with E-state index in [0.717, 1.165) is 19.1 Å². The molecule has 0 aliphatic rings. The Bertz CT molecular complexity index is 637. The zero-order chi connectivity index (χ0) is 16.9. The molecule has 22 heavy (non-hydrogen) atoms. The molecule has 0 bridgehead atoms. The van der Waals surface area contributed by atoms with E-state index in [0.29, 0.717) is 0 Å². The lowest BCUT2D eigenvalue weighted by atomic mass is 10.1. The largest absolute Gasteiger partial charge is 0.452 e. The molecular weight excluding hydrogens is 307 g/mol. The van der Waals surface area contributed by atoms with Gasteiger partial charge in [0.25, 0.3) is 5.69 Å². The average molecular weight is 317 g/mol. The zero-order valence-electron chi connectivity index (χ0n) is 11.2. The van der Waals surface area contributed by atoms with Crippen LogP contribution in [0, 0.1) is 10.1 Å². The van der Waals surface area contributed by atoms with Crippen molar-refractivity contribution < 1.29 is 32.4 Å². The monoisotopic (exact) mass is 317 g/mol. The lowest BCUT2D eigenvalue weighted by Crippen LogP contribution is -2.22. The molecule has 0 spiro atoms. The Morgan fingerprint density at radius 3 is 2.50 bits per heavy atom. The number of alkyl halides is 3. The van der Waals surface area contributed by atoms with Crippen molar-refractivity contribution >= 4 is 23.5 Å². The second-order valence-corrected chi connectivity index (χ2v) is 4.16. The van der Waals surface area contributed by atoms with Crippen molar-refractivity contribution in [3.63, 3.8) is 0 Å². The molecular formula is C13H10F3NO5. The van der Waals surface area contributed by atoms with Gasteiger partial charge in [-0.1, -0.05) is 12.1 Å². The summed E-state index contributed by atoms with van der Waals surface area (Å²) in [6.45, 7) is -0.858.